The Morgan fingerprint density at radius 3 is 2.39 bits per heavy atom. The normalized spacial score (nSPS) is 10.4. The second-order valence-corrected chi connectivity index (χ2v) is 5.22. The Hall–Kier alpha value is -2.95. The van der Waals surface area contributed by atoms with Gasteiger partial charge in [-0.15, -0.1) is 0 Å². The topological polar surface area (TPSA) is 62.7 Å². The Balaban J connectivity index is 2.06. The third-order valence-electron chi connectivity index (χ3n) is 3.76. The Labute approximate surface area is 135 Å². The van der Waals surface area contributed by atoms with E-state index in [1.165, 1.54) is 0 Å². The predicted molar refractivity (Wildman–Crippen MR) is 94.5 cm³/mol. The molecule has 3 aromatic heterocycles. The third-order valence-corrected chi connectivity index (χ3v) is 3.76. The molecule has 116 valence electrons. The fourth-order valence-electron chi connectivity index (χ4n) is 2.44. The van der Waals surface area contributed by atoms with E-state index in [9.17, 15) is 0 Å². The molecule has 0 aliphatic rings. The Bertz CT molecular complexity index is 829. The minimum atomic E-state index is 0.824. The van der Waals surface area contributed by atoms with Crippen LogP contribution >= 0.6 is 0 Å². The molecule has 0 aliphatic heterocycles. The minimum Gasteiger partial charge on any atom is -0.387 e. The lowest BCUT2D eigenvalue weighted by Gasteiger charge is -2.10. The Morgan fingerprint density at radius 2 is 1.61 bits per heavy atom. The molecule has 3 heterocycles. The van der Waals surface area contributed by atoms with Gasteiger partial charge in [0.05, 0.1) is 17.6 Å². The number of anilines is 2. The van der Waals surface area contributed by atoms with Gasteiger partial charge in [0.2, 0.25) is 0 Å². The van der Waals surface area contributed by atoms with Crippen LogP contribution in [0.4, 0.5) is 11.5 Å². The van der Waals surface area contributed by atoms with Gasteiger partial charge in [-0.2, -0.15) is 0 Å². The lowest BCUT2D eigenvalue weighted by molar-refractivity contribution is 1.19. The average Bonchev–Trinajstić information content (AvgIpc) is 2.62. The molecule has 0 saturated carbocycles. The molecule has 23 heavy (non-hydrogen) atoms. The smallest absolute Gasteiger partial charge is 0.126 e. The SMILES string of the molecule is CNc1cnc(C)c(-c2ccnc(-c3ccnc(NC)c3)c2)c1. The zero-order valence-electron chi connectivity index (χ0n) is 13.5. The lowest BCUT2D eigenvalue weighted by Crippen LogP contribution is -1.95. The highest BCUT2D eigenvalue weighted by atomic mass is 14.9. The Morgan fingerprint density at radius 1 is 0.826 bits per heavy atom. The van der Waals surface area contributed by atoms with Crippen molar-refractivity contribution < 1.29 is 0 Å². The summed E-state index contributed by atoms with van der Waals surface area (Å²) in [6.45, 7) is 2.01. The standard InChI is InChI=1S/C18H19N5/c1-12-16(10-15(19-2)11-23-12)13-4-6-21-17(8-13)14-5-7-22-18(9-14)20-3/h4-11,19H,1-3H3,(H,20,22). The van der Waals surface area contributed by atoms with Gasteiger partial charge in [0, 0.05) is 43.3 Å². The molecule has 0 aliphatic carbocycles. The summed E-state index contributed by atoms with van der Waals surface area (Å²) < 4.78 is 0. The number of aryl methyl sites for hydroxylation is 1. The molecule has 2 N–H and O–H groups in total. The number of nitrogens with one attached hydrogen (secondary N) is 2. The van der Waals surface area contributed by atoms with Crippen molar-refractivity contribution in [3.05, 3.63) is 54.6 Å². The molecular formula is C18H19N5. The summed E-state index contributed by atoms with van der Waals surface area (Å²) in [6, 6.07) is 10.1. The van der Waals surface area contributed by atoms with E-state index < -0.39 is 0 Å². The van der Waals surface area contributed by atoms with Crippen molar-refractivity contribution in [2.24, 2.45) is 0 Å². The van der Waals surface area contributed by atoms with Crippen LogP contribution in [0.2, 0.25) is 0 Å². The number of hydrogen-bond acceptors (Lipinski definition) is 5. The first-order valence-electron chi connectivity index (χ1n) is 7.46. The molecule has 0 aromatic carbocycles. The lowest BCUT2D eigenvalue weighted by atomic mass is 10.0. The molecular weight excluding hydrogens is 286 g/mol. The van der Waals surface area contributed by atoms with Gasteiger partial charge in [-0.05, 0) is 42.8 Å². The number of rotatable bonds is 4. The molecule has 0 fully saturated rings. The fraction of sp³-hybridized carbons (Fsp3) is 0.167. The first kappa shape index (κ1) is 15.0. The van der Waals surface area contributed by atoms with Gasteiger partial charge in [-0.25, -0.2) is 4.98 Å². The van der Waals surface area contributed by atoms with Crippen LogP contribution in [0.25, 0.3) is 22.4 Å². The van der Waals surface area contributed by atoms with E-state index in [0.717, 1.165) is 39.6 Å². The molecule has 5 heteroatoms. The van der Waals surface area contributed by atoms with Crippen LogP contribution in [-0.2, 0) is 0 Å². The highest BCUT2D eigenvalue weighted by Crippen LogP contribution is 2.28. The van der Waals surface area contributed by atoms with E-state index in [0.29, 0.717) is 0 Å². The van der Waals surface area contributed by atoms with Gasteiger partial charge in [0.25, 0.3) is 0 Å². The summed E-state index contributed by atoms with van der Waals surface area (Å²) in [5, 5.41) is 6.18. The zero-order chi connectivity index (χ0) is 16.2. The second kappa shape index (κ2) is 6.44. The van der Waals surface area contributed by atoms with Crippen molar-refractivity contribution in [2.75, 3.05) is 24.7 Å². The predicted octanol–water partition coefficient (Wildman–Crippen LogP) is 3.60. The monoisotopic (exact) mass is 305 g/mol. The maximum Gasteiger partial charge on any atom is 0.126 e. The summed E-state index contributed by atoms with van der Waals surface area (Å²) in [7, 11) is 3.75. The molecule has 3 aromatic rings. The van der Waals surface area contributed by atoms with Gasteiger partial charge < -0.3 is 10.6 Å². The van der Waals surface area contributed by atoms with Crippen molar-refractivity contribution in [3.63, 3.8) is 0 Å². The number of aromatic nitrogens is 3. The van der Waals surface area contributed by atoms with Crippen LogP contribution in [0, 0.1) is 6.92 Å². The van der Waals surface area contributed by atoms with Crippen LogP contribution in [0.15, 0.2) is 48.9 Å². The van der Waals surface area contributed by atoms with E-state index >= 15 is 0 Å². The quantitative estimate of drug-likeness (QED) is 0.771. The Kier molecular flexibility index (Phi) is 4.19. The van der Waals surface area contributed by atoms with Gasteiger partial charge in [-0.1, -0.05) is 0 Å². The van der Waals surface area contributed by atoms with Crippen LogP contribution in [-0.4, -0.2) is 29.0 Å². The third kappa shape index (κ3) is 3.13. The van der Waals surface area contributed by atoms with Crippen LogP contribution in [0.3, 0.4) is 0 Å². The first-order valence-corrected chi connectivity index (χ1v) is 7.46. The molecule has 0 spiro atoms. The average molecular weight is 305 g/mol. The molecule has 3 rings (SSSR count). The minimum absolute atomic E-state index is 0.824. The molecule has 0 amide bonds. The summed E-state index contributed by atoms with van der Waals surface area (Å²) in [5.74, 6) is 0.824. The molecule has 0 unspecified atom stereocenters. The van der Waals surface area contributed by atoms with Gasteiger partial charge >= 0.3 is 0 Å². The van der Waals surface area contributed by atoms with Crippen molar-refractivity contribution in [1.82, 2.24) is 15.0 Å². The highest BCUT2D eigenvalue weighted by Gasteiger charge is 2.08. The van der Waals surface area contributed by atoms with Crippen molar-refractivity contribution in [1.29, 1.82) is 0 Å². The summed E-state index contributed by atoms with van der Waals surface area (Å²) in [4.78, 5) is 13.2. The molecule has 0 atom stereocenters. The van der Waals surface area contributed by atoms with Gasteiger partial charge in [-0.3, -0.25) is 9.97 Å². The molecule has 5 nitrogen and oxygen atoms in total. The van der Waals surface area contributed by atoms with Crippen LogP contribution < -0.4 is 10.6 Å². The molecule has 0 radical (unpaired) electrons. The van der Waals surface area contributed by atoms with E-state index in [1.807, 2.05) is 51.6 Å². The van der Waals surface area contributed by atoms with Crippen LogP contribution in [0.5, 0.6) is 0 Å². The van der Waals surface area contributed by atoms with E-state index in [2.05, 4.69) is 37.7 Å². The number of nitrogens with zero attached hydrogens (tertiary/aromatic N) is 3. The zero-order valence-corrected chi connectivity index (χ0v) is 13.5. The van der Waals surface area contributed by atoms with Crippen molar-refractivity contribution in [2.45, 2.75) is 6.92 Å². The van der Waals surface area contributed by atoms with Crippen molar-refractivity contribution in [3.8, 4) is 22.4 Å². The fourth-order valence-corrected chi connectivity index (χ4v) is 2.44. The van der Waals surface area contributed by atoms with Crippen LogP contribution in [0.1, 0.15) is 5.69 Å². The maximum atomic E-state index is 4.49. The highest BCUT2D eigenvalue weighted by molar-refractivity contribution is 5.74. The summed E-state index contributed by atoms with van der Waals surface area (Å²) in [5.41, 5.74) is 6.12. The number of hydrogen-bond donors (Lipinski definition) is 2. The second-order valence-electron chi connectivity index (χ2n) is 5.22. The summed E-state index contributed by atoms with van der Waals surface area (Å²) >= 11 is 0. The van der Waals surface area contributed by atoms with Crippen molar-refractivity contribution >= 4 is 11.5 Å². The molecule has 0 saturated heterocycles. The largest absolute Gasteiger partial charge is 0.387 e. The molecule has 0 bridgehead atoms. The van der Waals surface area contributed by atoms with E-state index in [1.54, 1.807) is 6.20 Å². The number of pyridine rings is 3. The van der Waals surface area contributed by atoms with E-state index in [4.69, 9.17) is 0 Å². The summed E-state index contributed by atoms with van der Waals surface area (Å²) in [6.07, 6.45) is 5.45. The van der Waals surface area contributed by atoms with E-state index in [-0.39, 0.29) is 0 Å². The van der Waals surface area contributed by atoms with Gasteiger partial charge in [0.15, 0.2) is 0 Å². The first-order chi connectivity index (χ1) is 11.2. The van der Waals surface area contributed by atoms with Gasteiger partial charge in [0.1, 0.15) is 5.82 Å². The maximum absolute atomic E-state index is 4.49.